The molecule has 0 spiro atoms. The SMILES string of the molecule is O=C1CCCc2c(OC3CCS(=O)(=O)C3)cccc21. The normalized spacial score (nSPS) is 25.1. The molecule has 0 N–H and O–H groups in total. The van der Waals surface area contributed by atoms with E-state index < -0.39 is 9.84 Å². The number of hydrogen-bond acceptors (Lipinski definition) is 4. The molecule has 0 aromatic heterocycles. The zero-order chi connectivity index (χ0) is 13.5. The van der Waals surface area contributed by atoms with E-state index in [0.717, 1.165) is 24.0 Å². The average Bonchev–Trinajstić information content (AvgIpc) is 2.70. The molecule has 102 valence electrons. The second kappa shape index (κ2) is 4.63. The van der Waals surface area contributed by atoms with Gasteiger partial charge in [0.2, 0.25) is 0 Å². The highest BCUT2D eigenvalue weighted by Crippen LogP contribution is 2.31. The molecule has 0 saturated carbocycles. The van der Waals surface area contributed by atoms with E-state index in [1.807, 2.05) is 12.1 Å². The maximum atomic E-state index is 11.8. The van der Waals surface area contributed by atoms with Gasteiger partial charge in [0.05, 0.1) is 11.5 Å². The first-order chi connectivity index (χ1) is 9.05. The Labute approximate surface area is 112 Å². The minimum absolute atomic E-state index is 0.0879. The van der Waals surface area contributed by atoms with E-state index in [9.17, 15) is 13.2 Å². The molecular formula is C14H16O4S. The van der Waals surface area contributed by atoms with Crippen molar-refractivity contribution in [3.05, 3.63) is 29.3 Å². The molecule has 1 aromatic rings. The van der Waals surface area contributed by atoms with Crippen LogP contribution in [0.25, 0.3) is 0 Å². The maximum Gasteiger partial charge on any atom is 0.163 e. The van der Waals surface area contributed by atoms with Crippen LogP contribution in [0.3, 0.4) is 0 Å². The molecule has 1 aliphatic heterocycles. The van der Waals surface area contributed by atoms with Crippen LogP contribution in [0.5, 0.6) is 5.75 Å². The van der Waals surface area contributed by atoms with Crippen LogP contribution in [-0.2, 0) is 16.3 Å². The van der Waals surface area contributed by atoms with Crippen molar-refractivity contribution < 1.29 is 17.9 Å². The molecule has 0 amide bonds. The number of fused-ring (bicyclic) bond motifs is 1. The minimum atomic E-state index is -2.94. The van der Waals surface area contributed by atoms with E-state index in [1.165, 1.54) is 0 Å². The fraction of sp³-hybridized carbons (Fsp3) is 0.500. The van der Waals surface area contributed by atoms with E-state index in [0.29, 0.717) is 18.6 Å². The molecule has 3 rings (SSSR count). The minimum Gasteiger partial charge on any atom is -0.489 e. The zero-order valence-electron chi connectivity index (χ0n) is 10.6. The molecule has 1 unspecified atom stereocenters. The van der Waals surface area contributed by atoms with Gasteiger partial charge in [-0.05, 0) is 25.3 Å². The summed E-state index contributed by atoms with van der Waals surface area (Å²) in [5.41, 5.74) is 1.69. The first kappa shape index (κ1) is 12.7. The predicted molar refractivity (Wildman–Crippen MR) is 71.4 cm³/mol. The van der Waals surface area contributed by atoms with Crippen molar-refractivity contribution in [1.29, 1.82) is 0 Å². The van der Waals surface area contributed by atoms with Crippen LogP contribution >= 0.6 is 0 Å². The van der Waals surface area contributed by atoms with Gasteiger partial charge < -0.3 is 4.74 Å². The summed E-state index contributed by atoms with van der Waals surface area (Å²) < 4.78 is 28.7. The fourth-order valence-electron chi connectivity index (χ4n) is 2.79. The lowest BCUT2D eigenvalue weighted by Gasteiger charge is -2.20. The van der Waals surface area contributed by atoms with Gasteiger partial charge in [-0.15, -0.1) is 0 Å². The van der Waals surface area contributed by atoms with Crippen LogP contribution in [0.15, 0.2) is 18.2 Å². The lowest BCUT2D eigenvalue weighted by Crippen LogP contribution is -2.20. The molecule has 1 aliphatic carbocycles. The fourth-order valence-corrected chi connectivity index (χ4v) is 4.38. The summed E-state index contributed by atoms with van der Waals surface area (Å²) in [4.78, 5) is 11.8. The van der Waals surface area contributed by atoms with Gasteiger partial charge in [0.25, 0.3) is 0 Å². The summed E-state index contributed by atoms with van der Waals surface area (Å²) in [6.45, 7) is 0. The molecule has 2 aliphatic rings. The van der Waals surface area contributed by atoms with Crippen LogP contribution in [0.1, 0.15) is 35.2 Å². The number of Topliss-reactive ketones (excluding diaryl/α,β-unsaturated/α-hetero) is 1. The Bertz CT molecular complexity index is 618. The largest absolute Gasteiger partial charge is 0.489 e. The molecular weight excluding hydrogens is 264 g/mol. The van der Waals surface area contributed by atoms with Crippen molar-refractivity contribution in [2.45, 2.75) is 31.8 Å². The molecule has 1 aromatic carbocycles. The zero-order valence-corrected chi connectivity index (χ0v) is 11.4. The third-order valence-corrected chi connectivity index (χ3v) is 5.49. The highest BCUT2D eigenvalue weighted by atomic mass is 32.2. The number of carbonyl (C=O) groups excluding carboxylic acids is 1. The number of hydrogen-bond donors (Lipinski definition) is 0. The Kier molecular flexibility index (Phi) is 3.09. The third kappa shape index (κ3) is 2.52. The number of sulfone groups is 1. The summed E-state index contributed by atoms with van der Waals surface area (Å²) in [5, 5.41) is 0. The van der Waals surface area contributed by atoms with E-state index in [2.05, 4.69) is 0 Å². The van der Waals surface area contributed by atoms with Crippen LogP contribution in [0, 0.1) is 0 Å². The van der Waals surface area contributed by atoms with Crippen LogP contribution in [0.4, 0.5) is 0 Å². The summed E-state index contributed by atoms with van der Waals surface area (Å²) in [6.07, 6.45) is 2.54. The Morgan fingerprint density at radius 3 is 2.79 bits per heavy atom. The van der Waals surface area contributed by atoms with Gasteiger partial charge in [0.15, 0.2) is 15.6 Å². The van der Waals surface area contributed by atoms with Crippen LogP contribution < -0.4 is 4.74 Å². The van der Waals surface area contributed by atoms with Gasteiger partial charge in [0, 0.05) is 17.5 Å². The van der Waals surface area contributed by atoms with Crippen molar-refractivity contribution in [1.82, 2.24) is 0 Å². The number of rotatable bonds is 2. The average molecular weight is 280 g/mol. The quantitative estimate of drug-likeness (QED) is 0.828. The molecule has 0 radical (unpaired) electrons. The molecule has 1 atom stereocenters. The topological polar surface area (TPSA) is 60.4 Å². The lowest BCUT2D eigenvalue weighted by molar-refractivity contribution is 0.0970. The smallest absolute Gasteiger partial charge is 0.163 e. The van der Waals surface area contributed by atoms with Crippen molar-refractivity contribution in [3.63, 3.8) is 0 Å². The highest BCUT2D eigenvalue weighted by molar-refractivity contribution is 7.91. The van der Waals surface area contributed by atoms with Gasteiger partial charge in [0.1, 0.15) is 11.9 Å². The first-order valence-corrected chi connectivity index (χ1v) is 8.39. The van der Waals surface area contributed by atoms with Gasteiger partial charge in [-0.2, -0.15) is 0 Å². The van der Waals surface area contributed by atoms with Gasteiger partial charge in [-0.3, -0.25) is 4.79 Å². The van der Waals surface area contributed by atoms with Gasteiger partial charge in [-0.1, -0.05) is 12.1 Å². The van der Waals surface area contributed by atoms with E-state index in [1.54, 1.807) is 6.07 Å². The summed E-state index contributed by atoms with van der Waals surface area (Å²) in [5.74, 6) is 1.13. The van der Waals surface area contributed by atoms with Gasteiger partial charge >= 0.3 is 0 Å². The van der Waals surface area contributed by atoms with Crippen molar-refractivity contribution in [2.75, 3.05) is 11.5 Å². The molecule has 1 fully saturated rings. The Morgan fingerprint density at radius 1 is 1.21 bits per heavy atom. The molecule has 4 nitrogen and oxygen atoms in total. The maximum absolute atomic E-state index is 11.8. The standard InChI is InChI=1S/C14H16O4S/c15-13-5-1-4-12-11(13)3-2-6-14(12)18-10-7-8-19(16,17)9-10/h2-3,6,10H,1,4-5,7-9H2. The number of ketones is 1. The predicted octanol–water partition coefficient (Wildman–Crippen LogP) is 1.77. The number of benzene rings is 1. The molecule has 19 heavy (non-hydrogen) atoms. The Balaban J connectivity index is 1.86. The van der Waals surface area contributed by atoms with E-state index >= 15 is 0 Å². The lowest BCUT2D eigenvalue weighted by atomic mass is 9.90. The third-order valence-electron chi connectivity index (χ3n) is 3.75. The molecule has 1 heterocycles. The molecule has 0 bridgehead atoms. The molecule has 5 heteroatoms. The van der Waals surface area contributed by atoms with Crippen molar-refractivity contribution in [2.24, 2.45) is 0 Å². The van der Waals surface area contributed by atoms with Crippen LogP contribution in [-0.4, -0.2) is 31.8 Å². The van der Waals surface area contributed by atoms with E-state index in [-0.39, 0.29) is 23.4 Å². The summed E-state index contributed by atoms with van der Waals surface area (Å²) in [6, 6.07) is 5.47. The highest BCUT2D eigenvalue weighted by Gasteiger charge is 2.30. The summed E-state index contributed by atoms with van der Waals surface area (Å²) in [7, 11) is -2.94. The Hall–Kier alpha value is -1.36. The Morgan fingerprint density at radius 2 is 2.05 bits per heavy atom. The monoisotopic (exact) mass is 280 g/mol. The van der Waals surface area contributed by atoms with Crippen molar-refractivity contribution in [3.8, 4) is 5.75 Å². The van der Waals surface area contributed by atoms with E-state index in [4.69, 9.17) is 4.74 Å². The number of ether oxygens (including phenoxy) is 1. The first-order valence-electron chi connectivity index (χ1n) is 6.57. The second-order valence-corrected chi connectivity index (χ2v) is 7.43. The van der Waals surface area contributed by atoms with Crippen molar-refractivity contribution >= 4 is 15.6 Å². The van der Waals surface area contributed by atoms with Crippen LogP contribution in [0.2, 0.25) is 0 Å². The number of carbonyl (C=O) groups is 1. The van der Waals surface area contributed by atoms with Gasteiger partial charge in [-0.25, -0.2) is 8.42 Å². The second-order valence-electron chi connectivity index (χ2n) is 5.20. The summed E-state index contributed by atoms with van der Waals surface area (Å²) >= 11 is 0. The molecule has 1 saturated heterocycles.